The number of carbonyl (C=O) groups is 1. The van der Waals surface area contributed by atoms with Gasteiger partial charge in [-0.05, 0) is 18.8 Å². The van der Waals surface area contributed by atoms with E-state index >= 15 is 0 Å². The first-order valence-electron chi connectivity index (χ1n) is 6.92. The van der Waals surface area contributed by atoms with Gasteiger partial charge in [-0.1, -0.05) is 20.3 Å². The summed E-state index contributed by atoms with van der Waals surface area (Å²) < 4.78 is 0. The van der Waals surface area contributed by atoms with E-state index < -0.39 is 0 Å². The Bertz CT molecular complexity index is 270. The van der Waals surface area contributed by atoms with E-state index in [1.54, 1.807) is 0 Å². The zero-order chi connectivity index (χ0) is 12.4. The Morgan fingerprint density at radius 1 is 1.29 bits per heavy atom. The average molecular weight is 239 g/mol. The fourth-order valence-corrected chi connectivity index (χ4v) is 2.46. The second-order valence-electron chi connectivity index (χ2n) is 5.50. The van der Waals surface area contributed by atoms with E-state index in [2.05, 4.69) is 18.7 Å². The third-order valence-electron chi connectivity index (χ3n) is 4.23. The summed E-state index contributed by atoms with van der Waals surface area (Å²) in [7, 11) is 0. The lowest BCUT2D eigenvalue weighted by Crippen LogP contribution is -2.54. The van der Waals surface area contributed by atoms with Gasteiger partial charge in [-0.15, -0.1) is 0 Å². The number of carbonyl (C=O) groups excluding carboxylic acids is 1. The predicted molar refractivity (Wildman–Crippen MR) is 68.6 cm³/mol. The van der Waals surface area contributed by atoms with Crippen LogP contribution in [0.5, 0.6) is 0 Å². The van der Waals surface area contributed by atoms with Crippen LogP contribution in [0.15, 0.2) is 0 Å². The normalized spacial score (nSPS) is 25.7. The lowest BCUT2D eigenvalue weighted by Gasteiger charge is -2.36. The molecular formula is C13H25N3O. The second-order valence-corrected chi connectivity index (χ2v) is 5.50. The maximum absolute atomic E-state index is 12.2. The van der Waals surface area contributed by atoms with E-state index in [1.165, 1.54) is 12.8 Å². The number of hydrogen-bond acceptors (Lipinski definition) is 3. The van der Waals surface area contributed by atoms with Gasteiger partial charge in [0.2, 0.25) is 5.91 Å². The Labute approximate surface area is 104 Å². The zero-order valence-electron chi connectivity index (χ0n) is 11.1. The molecule has 1 amide bonds. The average Bonchev–Trinajstić information content (AvgIpc) is 3.20. The van der Waals surface area contributed by atoms with Crippen LogP contribution >= 0.6 is 0 Å². The number of amides is 1. The molecule has 2 unspecified atom stereocenters. The number of nitrogens with two attached hydrogens (primary N) is 1. The molecule has 2 aliphatic rings. The van der Waals surface area contributed by atoms with Crippen molar-refractivity contribution in [3.8, 4) is 0 Å². The molecule has 4 nitrogen and oxygen atoms in total. The number of rotatable bonds is 4. The van der Waals surface area contributed by atoms with Crippen LogP contribution in [0.25, 0.3) is 0 Å². The minimum atomic E-state index is -0.313. The molecule has 1 heterocycles. The minimum Gasteiger partial charge on any atom is -0.339 e. The standard InChI is InChI=1S/C13H25N3O/c1-3-10(2)12(14)13(17)16-8-6-15(7-9-16)11-4-5-11/h10-12H,3-9,14H2,1-2H3. The van der Waals surface area contributed by atoms with E-state index in [0.717, 1.165) is 38.6 Å². The summed E-state index contributed by atoms with van der Waals surface area (Å²) in [5, 5.41) is 0. The van der Waals surface area contributed by atoms with Crippen molar-refractivity contribution in [3.63, 3.8) is 0 Å². The van der Waals surface area contributed by atoms with E-state index in [4.69, 9.17) is 5.73 Å². The largest absolute Gasteiger partial charge is 0.339 e. The van der Waals surface area contributed by atoms with Crippen LogP contribution in [0.4, 0.5) is 0 Å². The highest BCUT2D eigenvalue weighted by Crippen LogP contribution is 2.27. The van der Waals surface area contributed by atoms with Crippen molar-refractivity contribution in [2.45, 2.75) is 45.2 Å². The quantitative estimate of drug-likeness (QED) is 0.784. The van der Waals surface area contributed by atoms with Crippen molar-refractivity contribution in [2.24, 2.45) is 11.7 Å². The van der Waals surface area contributed by atoms with Crippen molar-refractivity contribution < 1.29 is 4.79 Å². The van der Waals surface area contributed by atoms with Crippen LogP contribution in [-0.2, 0) is 4.79 Å². The Balaban J connectivity index is 1.80. The molecule has 0 aromatic heterocycles. The van der Waals surface area contributed by atoms with Gasteiger partial charge in [0.25, 0.3) is 0 Å². The van der Waals surface area contributed by atoms with Crippen LogP contribution in [0.2, 0.25) is 0 Å². The highest BCUT2D eigenvalue weighted by atomic mass is 16.2. The fourth-order valence-electron chi connectivity index (χ4n) is 2.46. The summed E-state index contributed by atoms with van der Waals surface area (Å²) in [5.41, 5.74) is 6.00. The van der Waals surface area contributed by atoms with Gasteiger partial charge in [0.15, 0.2) is 0 Å². The maximum Gasteiger partial charge on any atom is 0.239 e. The highest BCUT2D eigenvalue weighted by molar-refractivity contribution is 5.82. The van der Waals surface area contributed by atoms with Crippen LogP contribution < -0.4 is 5.73 Å². The van der Waals surface area contributed by atoms with Crippen molar-refractivity contribution in [2.75, 3.05) is 26.2 Å². The van der Waals surface area contributed by atoms with Crippen molar-refractivity contribution in [1.82, 2.24) is 9.80 Å². The van der Waals surface area contributed by atoms with Gasteiger partial charge in [-0.2, -0.15) is 0 Å². The molecule has 1 aliphatic carbocycles. The summed E-state index contributed by atoms with van der Waals surface area (Å²) in [5.74, 6) is 0.429. The molecule has 17 heavy (non-hydrogen) atoms. The highest BCUT2D eigenvalue weighted by Gasteiger charge is 2.33. The summed E-state index contributed by atoms with van der Waals surface area (Å²) in [6.45, 7) is 7.93. The Morgan fingerprint density at radius 2 is 1.88 bits per heavy atom. The van der Waals surface area contributed by atoms with Crippen LogP contribution in [0, 0.1) is 5.92 Å². The molecule has 2 rings (SSSR count). The SMILES string of the molecule is CCC(C)C(N)C(=O)N1CCN(C2CC2)CC1. The fraction of sp³-hybridized carbons (Fsp3) is 0.923. The Morgan fingerprint density at radius 3 is 2.35 bits per heavy atom. The van der Waals surface area contributed by atoms with E-state index in [9.17, 15) is 4.79 Å². The first-order chi connectivity index (χ1) is 8.13. The molecule has 0 radical (unpaired) electrons. The van der Waals surface area contributed by atoms with E-state index in [0.29, 0.717) is 0 Å². The van der Waals surface area contributed by atoms with Crippen LogP contribution in [0.1, 0.15) is 33.1 Å². The van der Waals surface area contributed by atoms with Crippen LogP contribution in [0.3, 0.4) is 0 Å². The topological polar surface area (TPSA) is 49.6 Å². The smallest absolute Gasteiger partial charge is 0.239 e. The van der Waals surface area contributed by atoms with Gasteiger partial charge in [0, 0.05) is 32.2 Å². The molecule has 1 saturated heterocycles. The molecule has 0 bridgehead atoms. The summed E-state index contributed by atoms with van der Waals surface area (Å²) in [6.07, 6.45) is 3.66. The summed E-state index contributed by atoms with van der Waals surface area (Å²) >= 11 is 0. The molecule has 0 aromatic rings. The summed E-state index contributed by atoms with van der Waals surface area (Å²) in [6, 6.07) is 0.503. The molecule has 0 aromatic carbocycles. The molecule has 2 N–H and O–H groups in total. The maximum atomic E-state index is 12.2. The molecule has 2 atom stereocenters. The molecule has 1 aliphatic heterocycles. The van der Waals surface area contributed by atoms with E-state index in [1.807, 2.05) is 4.90 Å². The van der Waals surface area contributed by atoms with Gasteiger partial charge < -0.3 is 10.6 Å². The van der Waals surface area contributed by atoms with E-state index in [-0.39, 0.29) is 17.9 Å². The van der Waals surface area contributed by atoms with Crippen molar-refractivity contribution in [3.05, 3.63) is 0 Å². The molecule has 0 spiro atoms. The zero-order valence-corrected chi connectivity index (χ0v) is 11.1. The second kappa shape index (κ2) is 5.36. The predicted octanol–water partition coefficient (Wildman–Crippen LogP) is 0.666. The van der Waals surface area contributed by atoms with Crippen LogP contribution in [-0.4, -0.2) is 54.0 Å². The lowest BCUT2D eigenvalue weighted by molar-refractivity contribution is -0.135. The number of hydrogen-bond donors (Lipinski definition) is 1. The first kappa shape index (κ1) is 12.8. The third-order valence-corrected chi connectivity index (χ3v) is 4.23. The molecular weight excluding hydrogens is 214 g/mol. The van der Waals surface area contributed by atoms with Gasteiger partial charge in [-0.3, -0.25) is 9.69 Å². The van der Waals surface area contributed by atoms with Gasteiger partial charge in [-0.25, -0.2) is 0 Å². The summed E-state index contributed by atoms with van der Waals surface area (Å²) in [4.78, 5) is 16.6. The minimum absolute atomic E-state index is 0.148. The lowest BCUT2D eigenvalue weighted by atomic mass is 9.98. The Hall–Kier alpha value is -0.610. The van der Waals surface area contributed by atoms with Gasteiger partial charge in [0.05, 0.1) is 6.04 Å². The monoisotopic (exact) mass is 239 g/mol. The first-order valence-corrected chi connectivity index (χ1v) is 6.92. The van der Waals surface area contributed by atoms with Gasteiger partial charge in [0.1, 0.15) is 0 Å². The van der Waals surface area contributed by atoms with Crippen molar-refractivity contribution >= 4 is 5.91 Å². The number of piperazine rings is 1. The molecule has 98 valence electrons. The molecule has 1 saturated carbocycles. The molecule has 2 fully saturated rings. The van der Waals surface area contributed by atoms with Crippen molar-refractivity contribution in [1.29, 1.82) is 0 Å². The number of nitrogens with zero attached hydrogens (tertiary/aromatic N) is 2. The Kier molecular flexibility index (Phi) is 4.05. The third kappa shape index (κ3) is 2.99. The molecule has 4 heteroatoms. The van der Waals surface area contributed by atoms with Gasteiger partial charge >= 0.3 is 0 Å².